The second kappa shape index (κ2) is 61.9. The van der Waals surface area contributed by atoms with Crippen molar-refractivity contribution in [1.29, 1.82) is 0 Å². The molecule has 0 aromatic carbocycles. The molecule has 0 aliphatic rings. The Kier molecular flexibility index (Phi) is 59.2. The Labute approximate surface area is 473 Å². The van der Waals surface area contributed by atoms with Gasteiger partial charge in [0, 0.05) is 19.4 Å². The van der Waals surface area contributed by atoms with Crippen LogP contribution in [-0.4, -0.2) is 49.3 Å². The number of hydrogen-bond donors (Lipinski definition) is 2. The monoisotopic (exact) mass is 1090 g/mol. The summed E-state index contributed by atoms with van der Waals surface area (Å²) in [5.74, 6) is -0.829. The molecule has 442 valence electrons. The number of nitrogens with two attached hydrogens (primary N) is 1. The van der Waals surface area contributed by atoms with Crippen molar-refractivity contribution in [2.24, 2.45) is 5.73 Å². The second-order valence-corrected chi connectivity index (χ2v) is 22.0. The normalized spacial score (nSPS) is 13.8. The highest BCUT2D eigenvalue weighted by molar-refractivity contribution is 7.47. The highest BCUT2D eigenvalue weighted by Gasteiger charge is 2.26. The number of ether oxygens (including phenoxy) is 2. The van der Waals surface area contributed by atoms with Gasteiger partial charge in [-0.25, -0.2) is 4.57 Å². The number of carbonyl (C=O) groups is 2. The summed E-state index contributed by atoms with van der Waals surface area (Å²) in [5.41, 5.74) is 5.39. The molecule has 0 aromatic heterocycles. The molecule has 0 aromatic rings. The van der Waals surface area contributed by atoms with E-state index in [1.165, 1.54) is 135 Å². The van der Waals surface area contributed by atoms with E-state index in [1.807, 2.05) is 0 Å². The molecule has 10 heteroatoms. The third-order valence-corrected chi connectivity index (χ3v) is 14.1. The summed E-state index contributed by atoms with van der Waals surface area (Å²) < 4.78 is 33.1. The molecule has 0 aliphatic heterocycles. The van der Waals surface area contributed by atoms with E-state index in [0.717, 1.165) is 103 Å². The van der Waals surface area contributed by atoms with Crippen LogP contribution in [0, 0.1) is 0 Å². The fraction of sp³-hybridized carbons (Fsp3) is 0.701. The fourth-order valence-electron chi connectivity index (χ4n) is 8.60. The molecule has 9 nitrogen and oxygen atoms in total. The maximum Gasteiger partial charge on any atom is 0.472 e. The number of rotatable bonds is 58. The van der Waals surface area contributed by atoms with Crippen molar-refractivity contribution in [3.05, 3.63) is 109 Å². The van der Waals surface area contributed by atoms with Crippen LogP contribution < -0.4 is 5.73 Å². The van der Waals surface area contributed by atoms with Gasteiger partial charge in [0.1, 0.15) is 6.61 Å². The number of phosphoric ester groups is 1. The first-order valence-corrected chi connectivity index (χ1v) is 32.9. The highest BCUT2D eigenvalue weighted by atomic mass is 31.2. The predicted molar refractivity (Wildman–Crippen MR) is 330 cm³/mol. The van der Waals surface area contributed by atoms with Gasteiger partial charge in [0.25, 0.3) is 0 Å². The van der Waals surface area contributed by atoms with Gasteiger partial charge in [0.2, 0.25) is 0 Å². The van der Waals surface area contributed by atoms with Crippen LogP contribution >= 0.6 is 7.82 Å². The lowest BCUT2D eigenvalue weighted by molar-refractivity contribution is -0.161. The van der Waals surface area contributed by atoms with Gasteiger partial charge in [-0.2, -0.15) is 0 Å². The van der Waals surface area contributed by atoms with Crippen LogP contribution in [0.15, 0.2) is 109 Å². The molecule has 0 radical (unpaired) electrons. The molecular formula is C67H116NO8P. The van der Waals surface area contributed by atoms with Crippen molar-refractivity contribution in [2.45, 2.75) is 277 Å². The van der Waals surface area contributed by atoms with Gasteiger partial charge in [-0.05, 0) is 96.3 Å². The molecule has 2 unspecified atom stereocenters. The van der Waals surface area contributed by atoms with E-state index in [-0.39, 0.29) is 38.6 Å². The molecule has 0 amide bonds. The van der Waals surface area contributed by atoms with Crippen LogP contribution in [0.25, 0.3) is 0 Å². The molecule has 0 spiro atoms. The van der Waals surface area contributed by atoms with Crippen LogP contribution in [0.1, 0.15) is 271 Å². The van der Waals surface area contributed by atoms with E-state index in [0.29, 0.717) is 6.42 Å². The van der Waals surface area contributed by atoms with Crippen molar-refractivity contribution < 1.29 is 37.6 Å². The summed E-state index contributed by atoms with van der Waals surface area (Å²) in [4.78, 5) is 35.3. The lowest BCUT2D eigenvalue weighted by atomic mass is 10.0. The SMILES string of the molecule is CC/C=C\C/C=C\C/C=C\C/C=C\C/C=C\CCCCCCCCCCCCCC(=O)OC(COC(=O)CCCCCCCCCCCCCCCCCC/C=C\C/C=C\C/C=C\C/C=C\CC)COP(=O)(O)OCCN. The molecule has 0 bridgehead atoms. The number of allylic oxidation sites excluding steroid dienone is 18. The molecule has 0 aliphatic carbocycles. The topological polar surface area (TPSA) is 134 Å². The standard InChI is InChI=1S/C67H116NO8P/c1-3-5-7-9-11-13-15-17-19-21-23-25-27-29-31-32-34-35-37-39-41-43-45-47-49-51-53-55-57-59-66(69)73-63-65(64-75-77(71,72)74-62-61-68)76-67(70)60-58-56-54-52-50-48-46-44-42-40-38-36-33-30-28-26-24-22-20-18-16-14-12-10-8-6-4-2/h5-8,11-14,17-20,23-26,30,33,65H,3-4,9-10,15-16,21-22,27-29,31-32,34-64,68H2,1-2H3,(H,71,72)/b7-5-,8-6-,13-11-,14-12-,19-17-,20-18-,25-23-,26-24-,33-30-. The third kappa shape index (κ3) is 61.7. The van der Waals surface area contributed by atoms with Crippen LogP contribution in [-0.2, 0) is 32.7 Å². The minimum Gasteiger partial charge on any atom is -0.462 e. The Morgan fingerprint density at radius 1 is 0.390 bits per heavy atom. The molecule has 0 rings (SSSR count). The summed E-state index contributed by atoms with van der Waals surface area (Å²) in [6.45, 7) is 3.53. The average Bonchev–Trinajstić information content (AvgIpc) is 3.42. The number of unbranched alkanes of at least 4 members (excludes halogenated alkanes) is 27. The predicted octanol–water partition coefficient (Wildman–Crippen LogP) is 20.2. The quantitative estimate of drug-likeness (QED) is 0.0264. The molecule has 0 saturated carbocycles. The van der Waals surface area contributed by atoms with Crippen molar-refractivity contribution in [1.82, 2.24) is 0 Å². The summed E-state index contributed by atoms with van der Waals surface area (Å²) in [6, 6.07) is 0. The Morgan fingerprint density at radius 3 is 1.00 bits per heavy atom. The molecule has 0 fully saturated rings. The van der Waals surface area contributed by atoms with Gasteiger partial charge in [-0.1, -0.05) is 271 Å². The summed E-state index contributed by atoms with van der Waals surface area (Å²) in [7, 11) is -4.40. The second-order valence-electron chi connectivity index (χ2n) is 20.5. The maximum atomic E-state index is 12.7. The first-order valence-electron chi connectivity index (χ1n) is 31.4. The van der Waals surface area contributed by atoms with E-state index < -0.39 is 26.5 Å². The first-order chi connectivity index (χ1) is 37.8. The molecule has 0 heterocycles. The first kappa shape index (κ1) is 73.7. The average molecular weight is 1090 g/mol. The number of phosphoric acid groups is 1. The van der Waals surface area contributed by atoms with Gasteiger partial charge >= 0.3 is 19.8 Å². The summed E-state index contributed by atoms with van der Waals surface area (Å²) in [6.07, 6.45) is 84.4. The molecular weight excluding hydrogens is 978 g/mol. The van der Waals surface area contributed by atoms with Crippen molar-refractivity contribution in [2.75, 3.05) is 26.4 Å². The molecule has 77 heavy (non-hydrogen) atoms. The van der Waals surface area contributed by atoms with E-state index in [1.54, 1.807) is 0 Å². The van der Waals surface area contributed by atoms with Crippen LogP contribution in [0.4, 0.5) is 0 Å². The van der Waals surface area contributed by atoms with Crippen molar-refractivity contribution >= 4 is 19.8 Å². The van der Waals surface area contributed by atoms with Gasteiger partial charge in [0.15, 0.2) is 6.10 Å². The van der Waals surface area contributed by atoms with Crippen molar-refractivity contribution in [3.8, 4) is 0 Å². The van der Waals surface area contributed by atoms with Crippen molar-refractivity contribution in [3.63, 3.8) is 0 Å². The zero-order valence-electron chi connectivity index (χ0n) is 49.4. The maximum absolute atomic E-state index is 12.7. The van der Waals surface area contributed by atoms with E-state index >= 15 is 0 Å². The van der Waals surface area contributed by atoms with E-state index in [9.17, 15) is 19.0 Å². The summed E-state index contributed by atoms with van der Waals surface area (Å²) in [5, 5.41) is 0. The van der Waals surface area contributed by atoms with Crippen LogP contribution in [0.3, 0.4) is 0 Å². The Hall–Kier alpha value is -3.33. The highest BCUT2D eigenvalue weighted by Crippen LogP contribution is 2.43. The lowest BCUT2D eigenvalue weighted by Gasteiger charge is -2.19. The zero-order chi connectivity index (χ0) is 55.9. The minimum atomic E-state index is -4.40. The minimum absolute atomic E-state index is 0.0491. The van der Waals surface area contributed by atoms with Gasteiger partial charge in [-0.15, -0.1) is 0 Å². The van der Waals surface area contributed by atoms with E-state index in [4.69, 9.17) is 24.3 Å². The van der Waals surface area contributed by atoms with Crippen LogP contribution in [0.2, 0.25) is 0 Å². The largest absolute Gasteiger partial charge is 0.472 e. The number of carbonyl (C=O) groups excluding carboxylic acids is 2. The lowest BCUT2D eigenvalue weighted by Crippen LogP contribution is -2.29. The molecule has 3 N–H and O–H groups in total. The smallest absolute Gasteiger partial charge is 0.462 e. The third-order valence-electron chi connectivity index (χ3n) is 13.2. The molecule has 0 saturated heterocycles. The Morgan fingerprint density at radius 2 is 0.675 bits per heavy atom. The number of hydrogen-bond acceptors (Lipinski definition) is 8. The van der Waals surface area contributed by atoms with Gasteiger partial charge < -0.3 is 20.1 Å². The fourth-order valence-corrected chi connectivity index (χ4v) is 9.36. The van der Waals surface area contributed by atoms with E-state index in [2.05, 4.69) is 123 Å². The molecule has 2 atom stereocenters. The van der Waals surface area contributed by atoms with Gasteiger partial charge in [-0.3, -0.25) is 18.6 Å². The van der Waals surface area contributed by atoms with Gasteiger partial charge in [0.05, 0.1) is 13.2 Å². The van der Waals surface area contributed by atoms with Crippen LogP contribution in [0.5, 0.6) is 0 Å². The number of esters is 2. The zero-order valence-corrected chi connectivity index (χ0v) is 50.3. The Bertz CT molecular complexity index is 1630. The Balaban J connectivity index is 3.94. The summed E-state index contributed by atoms with van der Waals surface area (Å²) >= 11 is 0.